The second-order valence-corrected chi connectivity index (χ2v) is 9.34. The van der Waals surface area contributed by atoms with Crippen LogP contribution in [0.1, 0.15) is 72.1 Å². The molecule has 0 aromatic heterocycles. The van der Waals surface area contributed by atoms with E-state index in [2.05, 4.69) is 32.9 Å². The molecule has 0 heterocycles. The molecule has 0 aromatic rings. The van der Waals surface area contributed by atoms with Crippen LogP contribution in [0.5, 0.6) is 0 Å². The molecule has 0 radical (unpaired) electrons. The van der Waals surface area contributed by atoms with Crippen molar-refractivity contribution < 1.29 is 5.11 Å². The lowest BCUT2D eigenvalue weighted by Gasteiger charge is -2.60. The molecule has 0 saturated heterocycles. The van der Waals surface area contributed by atoms with Crippen LogP contribution in [0.15, 0.2) is 12.2 Å². The van der Waals surface area contributed by atoms with Crippen molar-refractivity contribution in [1.29, 1.82) is 0 Å². The Balaban J connectivity index is 1.68. The first kappa shape index (κ1) is 14.3. The van der Waals surface area contributed by atoms with E-state index in [9.17, 15) is 5.11 Å². The summed E-state index contributed by atoms with van der Waals surface area (Å²) in [7, 11) is 0. The van der Waals surface area contributed by atoms with Crippen molar-refractivity contribution in [2.45, 2.75) is 77.7 Å². The minimum Gasteiger partial charge on any atom is -0.390 e. The summed E-state index contributed by atoms with van der Waals surface area (Å²) in [5, 5.41) is 10.9. The van der Waals surface area contributed by atoms with Gasteiger partial charge in [-0.25, -0.2) is 0 Å². The van der Waals surface area contributed by atoms with Gasteiger partial charge in [0.15, 0.2) is 0 Å². The molecule has 21 heavy (non-hydrogen) atoms. The Hall–Kier alpha value is -0.300. The van der Waals surface area contributed by atoms with Crippen molar-refractivity contribution in [3.8, 4) is 0 Å². The molecule has 0 aromatic carbocycles. The number of fused-ring (bicyclic) bond motifs is 5. The molecule has 0 unspecified atom stereocenters. The molecule has 118 valence electrons. The highest BCUT2D eigenvalue weighted by molar-refractivity contribution is 5.14. The molecule has 1 heteroatoms. The summed E-state index contributed by atoms with van der Waals surface area (Å²) in [6, 6.07) is 0. The van der Waals surface area contributed by atoms with E-state index in [1.54, 1.807) is 0 Å². The molecule has 7 atom stereocenters. The maximum atomic E-state index is 10.9. The maximum Gasteiger partial charge on any atom is 0.0675 e. The van der Waals surface area contributed by atoms with E-state index >= 15 is 0 Å². The van der Waals surface area contributed by atoms with Gasteiger partial charge in [0.2, 0.25) is 0 Å². The molecule has 1 nitrogen and oxygen atoms in total. The fourth-order valence-electron chi connectivity index (χ4n) is 7.08. The Morgan fingerprint density at radius 1 is 0.905 bits per heavy atom. The SMILES string of the molecule is C[C@]12CC=CC[C@H]1CC[C@H]1[C@H]2CC[C@@]2(C)[C@@H]1CC[C@]2(C)O. The van der Waals surface area contributed by atoms with Gasteiger partial charge in [-0.05, 0) is 92.8 Å². The van der Waals surface area contributed by atoms with Gasteiger partial charge in [-0.1, -0.05) is 26.0 Å². The van der Waals surface area contributed by atoms with E-state index in [1.807, 2.05) is 0 Å². The van der Waals surface area contributed by atoms with E-state index in [0.29, 0.717) is 5.41 Å². The number of allylic oxidation sites excluding steroid dienone is 2. The summed E-state index contributed by atoms with van der Waals surface area (Å²) in [4.78, 5) is 0. The predicted octanol–water partition coefficient (Wildman–Crippen LogP) is 4.95. The van der Waals surface area contributed by atoms with Gasteiger partial charge in [0.25, 0.3) is 0 Å². The molecule has 0 bridgehead atoms. The van der Waals surface area contributed by atoms with Gasteiger partial charge in [0.05, 0.1) is 5.60 Å². The molecule has 3 saturated carbocycles. The summed E-state index contributed by atoms with van der Waals surface area (Å²) in [6.07, 6.45) is 15.3. The normalized spacial score (nSPS) is 59.2. The maximum absolute atomic E-state index is 10.9. The fraction of sp³-hybridized carbons (Fsp3) is 0.900. The number of hydrogen-bond donors (Lipinski definition) is 1. The number of rotatable bonds is 0. The standard InChI is InChI=1S/C20H32O/c1-18-11-5-4-6-14(18)7-8-15-16(18)9-12-19(2)17(15)10-13-20(19,3)21/h4-5,14-17,21H,6-13H2,1-3H3/t14-,15-,16+,17+,18-,19-,20-/m0/s1. The van der Waals surface area contributed by atoms with Crippen molar-refractivity contribution in [3.63, 3.8) is 0 Å². The van der Waals surface area contributed by atoms with Crippen molar-refractivity contribution in [2.75, 3.05) is 0 Å². The van der Waals surface area contributed by atoms with Crippen molar-refractivity contribution in [2.24, 2.45) is 34.5 Å². The minimum atomic E-state index is -0.424. The minimum absolute atomic E-state index is 0.182. The van der Waals surface area contributed by atoms with Gasteiger partial charge in [-0.15, -0.1) is 0 Å². The lowest BCUT2D eigenvalue weighted by Crippen LogP contribution is -2.55. The average Bonchev–Trinajstić information content (AvgIpc) is 2.69. The average molecular weight is 288 g/mol. The number of aliphatic hydroxyl groups is 1. The van der Waals surface area contributed by atoms with Crippen LogP contribution in [-0.4, -0.2) is 10.7 Å². The van der Waals surface area contributed by atoms with Gasteiger partial charge >= 0.3 is 0 Å². The van der Waals surface area contributed by atoms with Crippen LogP contribution in [0.3, 0.4) is 0 Å². The van der Waals surface area contributed by atoms with E-state index in [0.717, 1.165) is 30.1 Å². The number of hydrogen-bond acceptors (Lipinski definition) is 1. The highest BCUT2D eigenvalue weighted by atomic mass is 16.3. The summed E-state index contributed by atoms with van der Waals surface area (Å²) >= 11 is 0. The van der Waals surface area contributed by atoms with Gasteiger partial charge < -0.3 is 5.11 Å². The molecule has 4 aliphatic carbocycles. The van der Waals surface area contributed by atoms with Crippen molar-refractivity contribution in [3.05, 3.63) is 12.2 Å². The summed E-state index contributed by atoms with van der Waals surface area (Å²) in [5.41, 5.74) is 0.308. The van der Waals surface area contributed by atoms with Crippen LogP contribution < -0.4 is 0 Å². The van der Waals surface area contributed by atoms with Crippen LogP contribution >= 0.6 is 0 Å². The Morgan fingerprint density at radius 3 is 2.48 bits per heavy atom. The predicted molar refractivity (Wildman–Crippen MR) is 86.9 cm³/mol. The zero-order valence-corrected chi connectivity index (χ0v) is 14.1. The van der Waals surface area contributed by atoms with Crippen LogP contribution in [-0.2, 0) is 0 Å². The molecule has 0 aliphatic heterocycles. The quantitative estimate of drug-likeness (QED) is 0.626. The third-order valence-corrected chi connectivity index (χ3v) is 8.77. The fourth-order valence-corrected chi connectivity index (χ4v) is 7.08. The van der Waals surface area contributed by atoms with E-state index in [-0.39, 0.29) is 5.41 Å². The zero-order chi connectivity index (χ0) is 14.9. The summed E-state index contributed by atoms with van der Waals surface area (Å²) in [5.74, 6) is 3.49. The van der Waals surface area contributed by atoms with E-state index in [4.69, 9.17) is 0 Å². The van der Waals surface area contributed by atoms with Gasteiger partial charge in [0, 0.05) is 0 Å². The third kappa shape index (κ3) is 1.73. The van der Waals surface area contributed by atoms with E-state index < -0.39 is 5.60 Å². The summed E-state index contributed by atoms with van der Waals surface area (Å²) in [6.45, 7) is 7.11. The lowest BCUT2D eigenvalue weighted by molar-refractivity contribution is -0.138. The molecule has 0 spiro atoms. The Labute approximate surface area is 130 Å². The van der Waals surface area contributed by atoms with E-state index in [1.165, 1.54) is 44.9 Å². The Bertz CT molecular complexity index is 464. The first-order valence-corrected chi connectivity index (χ1v) is 9.26. The molecule has 3 fully saturated rings. The molecule has 1 N–H and O–H groups in total. The second kappa shape index (κ2) is 4.37. The lowest BCUT2D eigenvalue weighted by atomic mass is 9.45. The Morgan fingerprint density at radius 2 is 1.67 bits per heavy atom. The van der Waals surface area contributed by atoms with Crippen LogP contribution in [0.25, 0.3) is 0 Å². The zero-order valence-electron chi connectivity index (χ0n) is 14.1. The highest BCUT2D eigenvalue weighted by Gasteiger charge is 2.62. The second-order valence-electron chi connectivity index (χ2n) is 9.34. The molecular formula is C20H32O. The first-order chi connectivity index (χ1) is 9.88. The van der Waals surface area contributed by atoms with Crippen LogP contribution in [0, 0.1) is 34.5 Å². The van der Waals surface area contributed by atoms with Gasteiger partial charge in [-0.3, -0.25) is 0 Å². The molecule has 4 rings (SSSR count). The molecule has 4 aliphatic rings. The third-order valence-electron chi connectivity index (χ3n) is 8.77. The topological polar surface area (TPSA) is 20.2 Å². The monoisotopic (exact) mass is 288 g/mol. The highest BCUT2D eigenvalue weighted by Crippen LogP contribution is 2.67. The first-order valence-electron chi connectivity index (χ1n) is 9.26. The van der Waals surface area contributed by atoms with Gasteiger partial charge in [-0.2, -0.15) is 0 Å². The smallest absolute Gasteiger partial charge is 0.0675 e. The van der Waals surface area contributed by atoms with Crippen molar-refractivity contribution in [1.82, 2.24) is 0 Å². The Kier molecular flexibility index (Phi) is 2.98. The van der Waals surface area contributed by atoms with Crippen LogP contribution in [0.4, 0.5) is 0 Å². The molecule has 0 amide bonds. The van der Waals surface area contributed by atoms with Crippen molar-refractivity contribution >= 4 is 0 Å². The van der Waals surface area contributed by atoms with Gasteiger partial charge in [0.1, 0.15) is 0 Å². The largest absolute Gasteiger partial charge is 0.390 e. The van der Waals surface area contributed by atoms with Crippen LogP contribution in [0.2, 0.25) is 0 Å². The summed E-state index contributed by atoms with van der Waals surface area (Å²) < 4.78 is 0. The molecular weight excluding hydrogens is 256 g/mol.